The second-order valence-electron chi connectivity index (χ2n) is 4.07. The molecule has 0 saturated heterocycles. The van der Waals surface area contributed by atoms with Crippen molar-refractivity contribution in [2.75, 3.05) is 13.7 Å². The van der Waals surface area contributed by atoms with Crippen LogP contribution < -0.4 is 9.47 Å². The Hall–Kier alpha value is -1.25. The van der Waals surface area contributed by atoms with Crippen LogP contribution in [0.3, 0.4) is 0 Å². The monoisotopic (exact) mass is 267 g/mol. The lowest BCUT2D eigenvalue weighted by atomic mass is 9.86. The first-order valence-electron chi connectivity index (χ1n) is 7.44. The first-order valence-corrected chi connectivity index (χ1v) is 7.44. The SMILES string of the molecule is CC.CC.COc1nc(C)ccc1OCC1CCC1. The van der Waals surface area contributed by atoms with Gasteiger partial charge in [-0.3, -0.25) is 0 Å². The van der Waals surface area contributed by atoms with E-state index in [4.69, 9.17) is 9.47 Å². The Morgan fingerprint density at radius 3 is 2.26 bits per heavy atom. The molecule has 1 aromatic heterocycles. The largest absolute Gasteiger partial charge is 0.488 e. The van der Waals surface area contributed by atoms with E-state index < -0.39 is 0 Å². The van der Waals surface area contributed by atoms with Crippen LogP contribution in [0.15, 0.2) is 12.1 Å². The molecule has 0 amide bonds. The molecule has 0 aromatic carbocycles. The number of hydrogen-bond acceptors (Lipinski definition) is 3. The molecule has 3 heteroatoms. The van der Waals surface area contributed by atoms with Gasteiger partial charge in [-0.2, -0.15) is 0 Å². The maximum atomic E-state index is 5.70. The molecule has 0 aliphatic heterocycles. The zero-order valence-electron chi connectivity index (χ0n) is 13.3. The molecule has 3 nitrogen and oxygen atoms in total. The second-order valence-corrected chi connectivity index (χ2v) is 4.07. The topological polar surface area (TPSA) is 31.4 Å². The van der Waals surface area contributed by atoms with Crippen molar-refractivity contribution < 1.29 is 9.47 Å². The van der Waals surface area contributed by atoms with Gasteiger partial charge in [0, 0.05) is 5.69 Å². The van der Waals surface area contributed by atoms with E-state index in [1.54, 1.807) is 7.11 Å². The van der Waals surface area contributed by atoms with Gasteiger partial charge in [-0.15, -0.1) is 0 Å². The van der Waals surface area contributed by atoms with Gasteiger partial charge in [0.15, 0.2) is 5.75 Å². The fraction of sp³-hybridized carbons (Fsp3) is 0.688. The fourth-order valence-corrected chi connectivity index (χ4v) is 1.64. The number of methoxy groups -OCH3 is 1. The van der Waals surface area contributed by atoms with Crippen LogP contribution >= 0.6 is 0 Å². The summed E-state index contributed by atoms with van der Waals surface area (Å²) in [7, 11) is 1.62. The number of ether oxygens (including phenoxy) is 2. The Labute approximate surface area is 118 Å². The highest BCUT2D eigenvalue weighted by molar-refractivity contribution is 5.34. The molecule has 19 heavy (non-hydrogen) atoms. The second kappa shape index (κ2) is 10.7. The van der Waals surface area contributed by atoms with Gasteiger partial charge in [0.1, 0.15) is 0 Å². The Kier molecular flexibility index (Phi) is 9.95. The van der Waals surface area contributed by atoms with Crippen molar-refractivity contribution in [3.8, 4) is 11.6 Å². The Bertz CT molecular complexity index is 336. The molecule has 1 aliphatic rings. The predicted molar refractivity (Wildman–Crippen MR) is 81.1 cm³/mol. The summed E-state index contributed by atoms with van der Waals surface area (Å²) in [6.07, 6.45) is 3.93. The van der Waals surface area contributed by atoms with Crippen molar-refractivity contribution in [1.82, 2.24) is 4.98 Å². The lowest BCUT2D eigenvalue weighted by molar-refractivity contribution is 0.174. The highest BCUT2D eigenvalue weighted by Gasteiger charge is 2.18. The van der Waals surface area contributed by atoms with Crippen LogP contribution in [-0.2, 0) is 0 Å². The molecule has 1 aromatic rings. The molecule has 1 aliphatic carbocycles. The Morgan fingerprint density at radius 1 is 1.16 bits per heavy atom. The summed E-state index contributed by atoms with van der Waals surface area (Å²) in [5, 5.41) is 0. The molecule has 1 saturated carbocycles. The molecule has 0 radical (unpaired) electrons. The smallest absolute Gasteiger partial charge is 0.256 e. The molecule has 0 N–H and O–H groups in total. The third-order valence-electron chi connectivity index (χ3n) is 2.86. The Balaban J connectivity index is 0.000000741. The minimum absolute atomic E-state index is 0.592. The minimum atomic E-state index is 0.592. The lowest BCUT2D eigenvalue weighted by Gasteiger charge is -2.25. The van der Waals surface area contributed by atoms with Gasteiger partial charge in [0.25, 0.3) is 5.88 Å². The lowest BCUT2D eigenvalue weighted by Crippen LogP contribution is -2.19. The van der Waals surface area contributed by atoms with Crippen LogP contribution in [0.1, 0.15) is 52.7 Å². The van der Waals surface area contributed by atoms with E-state index in [0.29, 0.717) is 5.88 Å². The number of aryl methyl sites for hydroxylation is 1. The quantitative estimate of drug-likeness (QED) is 0.797. The number of nitrogens with zero attached hydrogens (tertiary/aromatic N) is 1. The summed E-state index contributed by atoms with van der Waals surface area (Å²) in [6, 6.07) is 3.87. The first-order chi connectivity index (χ1) is 9.29. The maximum Gasteiger partial charge on any atom is 0.256 e. The van der Waals surface area contributed by atoms with Gasteiger partial charge in [-0.05, 0) is 37.8 Å². The summed E-state index contributed by atoms with van der Waals surface area (Å²) in [5.41, 5.74) is 0.947. The van der Waals surface area contributed by atoms with Crippen LogP contribution in [0, 0.1) is 12.8 Å². The van der Waals surface area contributed by atoms with E-state index in [1.807, 2.05) is 46.8 Å². The summed E-state index contributed by atoms with van der Waals surface area (Å²) in [6.45, 7) is 10.7. The van der Waals surface area contributed by atoms with E-state index >= 15 is 0 Å². The zero-order valence-corrected chi connectivity index (χ0v) is 13.3. The van der Waals surface area contributed by atoms with Crippen LogP contribution in [0.4, 0.5) is 0 Å². The molecular weight excluding hydrogens is 238 g/mol. The standard InChI is InChI=1S/C12H17NO2.2C2H6/c1-9-6-7-11(12(13-9)14-2)15-8-10-4-3-5-10;2*1-2/h6-7,10H,3-5,8H2,1-2H3;2*1-2H3. The highest BCUT2D eigenvalue weighted by Crippen LogP contribution is 2.29. The van der Waals surface area contributed by atoms with Crippen LogP contribution in [0.5, 0.6) is 11.6 Å². The van der Waals surface area contributed by atoms with E-state index in [-0.39, 0.29) is 0 Å². The van der Waals surface area contributed by atoms with E-state index in [1.165, 1.54) is 19.3 Å². The highest BCUT2D eigenvalue weighted by atomic mass is 16.5. The number of hydrogen-bond donors (Lipinski definition) is 0. The van der Waals surface area contributed by atoms with Gasteiger partial charge in [-0.25, -0.2) is 4.98 Å². The fourth-order valence-electron chi connectivity index (χ4n) is 1.64. The average Bonchev–Trinajstić information content (AvgIpc) is 2.43. The third kappa shape index (κ3) is 5.95. The van der Waals surface area contributed by atoms with Crippen LogP contribution in [0.25, 0.3) is 0 Å². The van der Waals surface area contributed by atoms with Crippen molar-refractivity contribution in [2.45, 2.75) is 53.9 Å². The average molecular weight is 267 g/mol. The number of rotatable bonds is 4. The van der Waals surface area contributed by atoms with E-state index in [0.717, 1.165) is 24.0 Å². The van der Waals surface area contributed by atoms with Crippen molar-refractivity contribution in [3.63, 3.8) is 0 Å². The van der Waals surface area contributed by atoms with Crippen LogP contribution in [-0.4, -0.2) is 18.7 Å². The summed E-state index contributed by atoms with van der Waals surface area (Å²) in [4.78, 5) is 4.27. The molecule has 0 atom stereocenters. The minimum Gasteiger partial charge on any atom is -0.488 e. The van der Waals surface area contributed by atoms with Crippen molar-refractivity contribution in [3.05, 3.63) is 17.8 Å². The van der Waals surface area contributed by atoms with Crippen molar-refractivity contribution >= 4 is 0 Å². The van der Waals surface area contributed by atoms with Gasteiger partial charge in [0.05, 0.1) is 13.7 Å². The van der Waals surface area contributed by atoms with E-state index in [2.05, 4.69) is 4.98 Å². The maximum absolute atomic E-state index is 5.70. The molecule has 2 rings (SSSR count). The summed E-state index contributed by atoms with van der Waals surface area (Å²) >= 11 is 0. The molecule has 1 heterocycles. The predicted octanol–water partition coefficient (Wildman–Crippen LogP) is 4.63. The van der Waals surface area contributed by atoms with Gasteiger partial charge >= 0.3 is 0 Å². The van der Waals surface area contributed by atoms with Gasteiger partial charge in [0.2, 0.25) is 0 Å². The summed E-state index contributed by atoms with van der Waals surface area (Å²) < 4.78 is 10.9. The van der Waals surface area contributed by atoms with Crippen molar-refractivity contribution in [2.24, 2.45) is 5.92 Å². The molecule has 0 bridgehead atoms. The van der Waals surface area contributed by atoms with Crippen LogP contribution in [0.2, 0.25) is 0 Å². The zero-order chi connectivity index (χ0) is 14.7. The number of aromatic nitrogens is 1. The Morgan fingerprint density at radius 2 is 1.79 bits per heavy atom. The molecule has 0 spiro atoms. The summed E-state index contributed by atoms with van der Waals surface area (Å²) in [5.74, 6) is 2.08. The number of pyridine rings is 1. The molecule has 0 unspecified atom stereocenters. The normalized spacial score (nSPS) is 13.2. The van der Waals surface area contributed by atoms with E-state index in [9.17, 15) is 0 Å². The third-order valence-corrected chi connectivity index (χ3v) is 2.86. The van der Waals surface area contributed by atoms with Gasteiger partial charge in [-0.1, -0.05) is 34.1 Å². The van der Waals surface area contributed by atoms with Gasteiger partial charge < -0.3 is 9.47 Å². The molecule has 110 valence electrons. The molecular formula is C16H29NO2. The first kappa shape index (κ1) is 17.8. The van der Waals surface area contributed by atoms with Crippen molar-refractivity contribution in [1.29, 1.82) is 0 Å². The molecule has 1 fully saturated rings.